The number of benzene rings is 1. The molecule has 0 aliphatic heterocycles. The lowest BCUT2D eigenvalue weighted by Crippen LogP contribution is -2.34. The summed E-state index contributed by atoms with van der Waals surface area (Å²) in [7, 11) is 0. The van der Waals surface area contributed by atoms with Gasteiger partial charge in [0, 0.05) is 18.4 Å². The summed E-state index contributed by atoms with van der Waals surface area (Å²) in [5, 5.41) is 0.843. The first-order valence-electron chi connectivity index (χ1n) is 6.98. The predicted octanol–water partition coefficient (Wildman–Crippen LogP) is 3.87. The van der Waals surface area contributed by atoms with Gasteiger partial charge in [0.05, 0.1) is 6.42 Å². The molecule has 0 N–H and O–H groups in total. The lowest BCUT2D eigenvalue weighted by Gasteiger charge is -2.22. The number of unbranched alkanes of at least 4 members (excludes halogenated alkanes) is 1. The summed E-state index contributed by atoms with van der Waals surface area (Å²) in [4.78, 5) is 14.3. The van der Waals surface area contributed by atoms with E-state index in [0.29, 0.717) is 6.42 Å². The fourth-order valence-electron chi connectivity index (χ4n) is 2.08. The van der Waals surface area contributed by atoms with Crippen molar-refractivity contribution < 1.29 is 4.79 Å². The van der Waals surface area contributed by atoms with Gasteiger partial charge in [0.1, 0.15) is 0 Å². The van der Waals surface area contributed by atoms with Gasteiger partial charge in [-0.15, -0.1) is 0 Å². The second-order valence-corrected chi connectivity index (χ2v) is 5.82. The standard InChI is InChI=1S/C16H24BrNO/c1-4-5-9-18(10-8-17)16(19)12-15-11-13(2)6-7-14(15)3/h6-7,11H,4-5,8-10,12H2,1-3H3. The van der Waals surface area contributed by atoms with Crippen LogP contribution in [0.15, 0.2) is 18.2 Å². The molecule has 19 heavy (non-hydrogen) atoms. The average molecular weight is 326 g/mol. The smallest absolute Gasteiger partial charge is 0.227 e. The van der Waals surface area contributed by atoms with E-state index in [-0.39, 0.29) is 5.91 Å². The Morgan fingerprint density at radius 2 is 2.00 bits per heavy atom. The van der Waals surface area contributed by atoms with Crippen molar-refractivity contribution in [3.8, 4) is 0 Å². The Hall–Kier alpha value is -0.830. The van der Waals surface area contributed by atoms with E-state index >= 15 is 0 Å². The molecule has 0 fully saturated rings. The average Bonchev–Trinajstić information content (AvgIpc) is 2.38. The highest BCUT2D eigenvalue weighted by atomic mass is 79.9. The van der Waals surface area contributed by atoms with Crippen molar-refractivity contribution in [2.24, 2.45) is 0 Å². The molecule has 2 nitrogen and oxygen atoms in total. The van der Waals surface area contributed by atoms with E-state index in [1.54, 1.807) is 0 Å². The van der Waals surface area contributed by atoms with Gasteiger partial charge in [0.25, 0.3) is 0 Å². The maximum atomic E-state index is 12.4. The first-order valence-corrected chi connectivity index (χ1v) is 8.10. The fourth-order valence-corrected chi connectivity index (χ4v) is 2.51. The Morgan fingerprint density at radius 3 is 2.63 bits per heavy atom. The van der Waals surface area contributed by atoms with Crippen LogP contribution in [0.25, 0.3) is 0 Å². The Bertz CT molecular complexity index is 417. The molecular weight excluding hydrogens is 302 g/mol. The van der Waals surface area contributed by atoms with E-state index in [1.807, 2.05) is 4.90 Å². The van der Waals surface area contributed by atoms with Gasteiger partial charge in [-0.1, -0.05) is 53.0 Å². The quantitative estimate of drug-likeness (QED) is 0.697. The first-order chi connectivity index (χ1) is 9.08. The molecule has 0 aliphatic rings. The topological polar surface area (TPSA) is 20.3 Å². The first kappa shape index (κ1) is 16.2. The van der Waals surface area contributed by atoms with Crippen LogP contribution in [0.5, 0.6) is 0 Å². The van der Waals surface area contributed by atoms with Crippen LogP contribution in [0, 0.1) is 13.8 Å². The maximum Gasteiger partial charge on any atom is 0.227 e. The summed E-state index contributed by atoms with van der Waals surface area (Å²) in [6, 6.07) is 6.31. The van der Waals surface area contributed by atoms with Gasteiger partial charge in [-0.2, -0.15) is 0 Å². The minimum atomic E-state index is 0.238. The molecule has 1 rings (SSSR count). The van der Waals surface area contributed by atoms with Crippen LogP contribution in [-0.2, 0) is 11.2 Å². The molecule has 0 bridgehead atoms. The largest absolute Gasteiger partial charge is 0.342 e. The molecule has 1 aromatic rings. The number of nitrogens with zero attached hydrogens (tertiary/aromatic N) is 1. The number of carbonyl (C=O) groups is 1. The Labute approximate surface area is 125 Å². The van der Waals surface area contributed by atoms with Crippen LogP contribution >= 0.6 is 15.9 Å². The van der Waals surface area contributed by atoms with E-state index in [1.165, 1.54) is 11.1 Å². The third kappa shape index (κ3) is 5.35. The van der Waals surface area contributed by atoms with Gasteiger partial charge >= 0.3 is 0 Å². The number of rotatable bonds is 7. The zero-order chi connectivity index (χ0) is 14.3. The molecule has 0 atom stereocenters. The molecule has 0 saturated carbocycles. The summed E-state index contributed by atoms with van der Waals surface area (Å²) >= 11 is 3.43. The molecule has 0 radical (unpaired) electrons. The van der Waals surface area contributed by atoms with E-state index in [4.69, 9.17) is 0 Å². The molecule has 1 aromatic carbocycles. The van der Waals surface area contributed by atoms with Crippen molar-refractivity contribution in [3.63, 3.8) is 0 Å². The van der Waals surface area contributed by atoms with Crippen molar-refractivity contribution in [2.75, 3.05) is 18.4 Å². The van der Waals surface area contributed by atoms with Crippen LogP contribution in [0.1, 0.15) is 36.5 Å². The highest BCUT2D eigenvalue weighted by Gasteiger charge is 2.14. The Balaban J connectivity index is 2.71. The maximum absolute atomic E-state index is 12.4. The normalized spacial score (nSPS) is 10.5. The van der Waals surface area contributed by atoms with Crippen molar-refractivity contribution in [3.05, 3.63) is 34.9 Å². The van der Waals surface area contributed by atoms with Crippen LogP contribution < -0.4 is 0 Å². The molecule has 0 spiro atoms. The molecule has 1 amide bonds. The number of hydrogen-bond donors (Lipinski definition) is 0. The van der Waals surface area contributed by atoms with E-state index < -0.39 is 0 Å². The minimum absolute atomic E-state index is 0.238. The number of alkyl halides is 1. The second kappa shape index (κ2) is 8.36. The molecule has 3 heteroatoms. The van der Waals surface area contributed by atoms with Gasteiger partial charge in [0.2, 0.25) is 5.91 Å². The van der Waals surface area contributed by atoms with Crippen molar-refractivity contribution in [1.29, 1.82) is 0 Å². The molecule has 0 saturated heterocycles. The SMILES string of the molecule is CCCCN(CCBr)C(=O)Cc1cc(C)ccc1C. The van der Waals surface area contributed by atoms with Crippen LogP contribution in [0.2, 0.25) is 0 Å². The lowest BCUT2D eigenvalue weighted by atomic mass is 10.0. The van der Waals surface area contributed by atoms with Crippen LogP contribution in [0.4, 0.5) is 0 Å². The summed E-state index contributed by atoms with van der Waals surface area (Å²) in [6.45, 7) is 7.96. The monoisotopic (exact) mass is 325 g/mol. The summed E-state index contributed by atoms with van der Waals surface area (Å²) < 4.78 is 0. The van der Waals surface area contributed by atoms with Gasteiger partial charge in [-0.25, -0.2) is 0 Å². The fraction of sp³-hybridized carbons (Fsp3) is 0.562. The van der Waals surface area contributed by atoms with E-state index in [2.05, 4.69) is 54.9 Å². The molecule has 106 valence electrons. The van der Waals surface area contributed by atoms with Crippen LogP contribution in [0.3, 0.4) is 0 Å². The predicted molar refractivity (Wildman–Crippen MR) is 84.9 cm³/mol. The molecule has 0 aromatic heterocycles. The number of carbonyl (C=O) groups excluding carboxylic acids is 1. The summed E-state index contributed by atoms with van der Waals surface area (Å²) in [5.74, 6) is 0.238. The van der Waals surface area contributed by atoms with E-state index in [9.17, 15) is 4.79 Å². The third-order valence-electron chi connectivity index (χ3n) is 3.34. The number of aryl methyl sites for hydroxylation is 2. The summed E-state index contributed by atoms with van der Waals surface area (Å²) in [5.41, 5.74) is 3.57. The molecule has 0 heterocycles. The summed E-state index contributed by atoms with van der Waals surface area (Å²) in [6.07, 6.45) is 2.71. The van der Waals surface area contributed by atoms with Gasteiger partial charge < -0.3 is 4.90 Å². The molecular formula is C16H24BrNO. The van der Waals surface area contributed by atoms with Crippen molar-refractivity contribution >= 4 is 21.8 Å². The van der Waals surface area contributed by atoms with Gasteiger partial charge in [-0.05, 0) is 31.4 Å². The number of amides is 1. The van der Waals surface area contributed by atoms with Gasteiger partial charge in [-0.3, -0.25) is 4.79 Å². The van der Waals surface area contributed by atoms with Crippen molar-refractivity contribution in [2.45, 2.75) is 40.0 Å². The number of hydrogen-bond acceptors (Lipinski definition) is 1. The minimum Gasteiger partial charge on any atom is -0.342 e. The zero-order valence-corrected chi connectivity index (χ0v) is 13.8. The van der Waals surface area contributed by atoms with Crippen LogP contribution in [-0.4, -0.2) is 29.2 Å². The Morgan fingerprint density at radius 1 is 1.26 bits per heavy atom. The van der Waals surface area contributed by atoms with E-state index in [0.717, 1.165) is 36.8 Å². The zero-order valence-electron chi connectivity index (χ0n) is 12.2. The highest BCUT2D eigenvalue weighted by Crippen LogP contribution is 2.13. The Kier molecular flexibility index (Phi) is 7.14. The van der Waals surface area contributed by atoms with Gasteiger partial charge in [0.15, 0.2) is 0 Å². The highest BCUT2D eigenvalue weighted by molar-refractivity contribution is 9.09. The second-order valence-electron chi connectivity index (χ2n) is 5.03. The lowest BCUT2D eigenvalue weighted by molar-refractivity contribution is -0.130. The molecule has 0 aliphatic carbocycles. The molecule has 0 unspecified atom stereocenters. The number of halogens is 1. The van der Waals surface area contributed by atoms with Crippen molar-refractivity contribution in [1.82, 2.24) is 4.90 Å². The third-order valence-corrected chi connectivity index (χ3v) is 3.69.